The molecular weight excluding hydrogens is 222 g/mol. The van der Waals surface area contributed by atoms with Gasteiger partial charge in [0.1, 0.15) is 5.78 Å². The molecule has 1 aromatic rings. The highest BCUT2D eigenvalue weighted by molar-refractivity contribution is 5.86. The van der Waals surface area contributed by atoms with E-state index >= 15 is 0 Å². The standard InChI is InChI=1S/C16H23NO/c1-3-13-4-6-14(7-5-13)12-15(18)16(2)8-10-17-11-9-16/h4-7,17H,3,8-12H2,1-2H3. The quantitative estimate of drug-likeness (QED) is 0.883. The number of rotatable bonds is 4. The minimum absolute atomic E-state index is 0.116. The van der Waals surface area contributed by atoms with Gasteiger partial charge in [-0.25, -0.2) is 0 Å². The third-order valence-corrected chi connectivity index (χ3v) is 4.18. The van der Waals surface area contributed by atoms with Crippen molar-refractivity contribution < 1.29 is 4.79 Å². The Kier molecular flexibility index (Phi) is 4.18. The van der Waals surface area contributed by atoms with Gasteiger partial charge in [-0.3, -0.25) is 4.79 Å². The Morgan fingerprint density at radius 3 is 2.28 bits per heavy atom. The average Bonchev–Trinajstić information content (AvgIpc) is 2.40. The number of benzene rings is 1. The molecule has 0 bridgehead atoms. The van der Waals surface area contributed by atoms with Crippen LogP contribution < -0.4 is 5.32 Å². The van der Waals surface area contributed by atoms with Crippen molar-refractivity contribution in [2.24, 2.45) is 5.41 Å². The first-order valence-corrected chi connectivity index (χ1v) is 6.96. The topological polar surface area (TPSA) is 29.1 Å². The molecule has 1 aromatic carbocycles. The minimum Gasteiger partial charge on any atom is -0.317 e. The molecule has 0 aromatic heterocycles. The molecule has 2 rings (SSSR count). The fourth-order valence-corrected chi connectivity index (χ4v) is 2.55. The van der Waals surface area contributed by atoms with Crippen LogP contribution in [0.3, 0.4) is 0 Å². The van der Waals surface area contributed by atoms with Crippen LogP contribution in [0.1, 0.15) is 37.8 Å². The van der Waals surface area contributed by atoms with Crippen LogP contribution in [0.5, 0.6) is 0 Å². The van der Waals surface area contributed by atoms with Crippen LogP contribution in [0.15, 0.2) is 24.3 Å². The van der Waals surface area contributed by atoms with E-state index in [-0.39, 0.29) is 5.41 Å². The summed E-state index contributed by atoms with van der Waals surface area (Å²) in [6.45, 7) is 6.21. The minimum atomic E-state index is -0.116. The molecule has 2 heteroatoms. The van der Waals surface area contributed by atoms with Crippen molar-refractivity contribution in [3.63, 3.8) is 0 Å². The van der Waals surface area contributed by atoms with Crippen LogP contribution in [-0.4, -0.2) is 18.9 Å². The maximum atomic E-state index is 12.4. The Morgan fingerprint density at radius 2 is 1.72 bits per heavy atom. The van der Waals surface area contributed by atoms with E-state index in [1.807, 2.05) is 0 Å². The second kappa shape index (κ2) is 5.66. The highest BCUT2D eigenvalue weighted by Crippen LogP contribution is 2.30. The second-order valence-corrected chi connectivity index (χ2v) is 5.58. The van der Waals surface area contributed by atoms with Crippen molar-refractivity contribution in [3.8, 4) is 0 Å². The molecule has 18 heavy (non-hydrogen) atoms. The number of piperidine rings is 1. The van der Waals surface area contributed by atoms with Gasteiger partial charge in [-0.1, -0.05) is 38.1 Å². The fourth-order valence-electron chi connectivity index (χ4n) is 2.55. The normalized spacial score (nSPS) is 18.6. The largest absolute Gasteiger partial charge is 0.317 e. The van der Waals surface area contributed by atoms with Gasteiger partial charge >= 0.3 is 0 Å². The predicted octanol–water partition coefficient (Wildman–Crippen LogP) is 2.75. The second-order valence-electron chi connectivity index (χ2n) is 5.58. The summed E-state index contributed by atoms with van der Waals surface area (Å²) in [7, 11) is 0. The average molecular weight is 245 g/mol. The number of hydrogen-bond acceptors (Lipinski definition) is 2. The van der Waals surface area contributed by atoms with Crippen LogP contribution in [0.4, 0.5) is 0 Å². The first-order chi connectivity index (χ1) is 8.64. The van der Waals surface area contributed by atoms with Gasteiger partial charge in [-0.05, 0) is 43.5 Å². The zero-order valence-corrected chi connectivity index (χ0v) is 11.5. The Bertz CT molecular complexity index is 402. The molecule has 1 aliphatic heterocycles. The number of carbonyl (C=O) groups excluding carboxylic acids is 1. The van der Waals surface area contributed by atoms with Crippen LogP contribution >= 0.6 is 0 Å². The van der Waals surface area contributed by atoms with Crippen molar-refractivity contribution in [1.29, 1.82) is 0 Å². The molecule has 1 heterocycles. The van der Waals surface area contributed by atoms with Gasteiger partial charge in [0.15, 0.2) is 0 Å². The number of aryl methyl sites for hydroxylation is 1. The molecule has 98 valence electrons. The third kappa shape index (κ3) is 2.99. The number of nitrogens with one attached hydrogen (secondary N) is 1. The van der Waals surface area contributed by atoms with Crippen LogP contribution in [0.25, 0.3) is 0 Å². The molecule has 0 amide bonds. The lowest BCUT2D eigenvalue weighted by atomic mass is 9.75. The van der Waals surface area contributed by atoms with E-state index in [0.717, 1.165) is 37.9 Å². The lowest BCUT2D eigenvalue weighted by Gasteiger charge is -2.32. The number of ketones is 1. The van der Waals surface area contributed by atoms with Crippen molar-refractivity contribution >= 4 is 5.78 Å². The molecule has 1 fully saturated rings. The van der Waals surface area contributed by atoms with Gasteiger partial charge in [-0.15, -0.1) is 0 Å². The van der Waals surface area contributed by atoms with E-state index in [4.69, 9.17) is 0 Å². The summed E-state index contributed by atoms with van der Waals surface area (Å²) < 4.78 is 0. The van der Waals surface area contributed by atoms with E-state index in [2.05, 4.69) is 43.4 Å². The van der Waals surface area contributed by atoms with E-state index < -0.39 is 0 Å². The Balaban J connectivity index is 2.01. The van der Waals surface area contributed by atoms with Gasteiger partial charge in [0, 0.05) is 11.8 Å². The van der Waals surface area contributed by atoms with E-state index in [9.17, 15) is 4.79 Å². The van der Waals surface area contributed by atoms with Crippen LogP contribution in [0, 0.1) is 5.41 Å². The zero-order valence-electron chi connectivity index (χ0n) is 11.5. The molecular formula is C16H23NO. The van der Waals surface area contributed by atoms with E-state index in [0.29, 0.717) is 12.2 Å². The third-order valence-electron chi connectivity index (χ3n) is 4.18. The molecule has 2 nitrogen and oxygen atoms in total. The predicted molar refractivity (Wildman–Crippen MR) is 74.7 cm³/mol. The van der Waals surface area contributed by atoms with Crippen LogP contribution in [0.2, 0.25) is 0 Å². The molecule has 0 radical (unpaired) electrons. The Hall–Kier alpha value is -1.15. The lowest BCUT2D eigenvalue weighted by molar-refractivity contribution is -0.128. The fraction of sp³-hybridized carbons (Fsp3) is 0.562. The Morgan fingerprint density at radius 1 is 1.17 bits per heavy atom. The molecule has 0 aliphatic carbocycles. The summed E-state index contributed by atoms with van der Waals surface area (Å²) in [5.41, 5.74) is 2.37. The summed E-state index contributed by atoms with van der Waals surface area (Å²) in [5.74, 6) is 0.397. The molecule has 1 saturated heterocycles. The summed E-state index contributed by atoms with van der Waals surface area (Å²) in [6.07, 6.45) is 3.58. The maximum Gasteiger partial charge on any atom is 0.143 e. The van der Waals surface area contributed by atoms with E-state index in [1.54, 1.807) is 0 Å². The highest BCUT2D eigenvalue weighted by atomic mass is 16.1. The summed E-state index contributed by atoms with van der Waals surface area (Å²) in [4.78, 5) is 12.4. The monoisotopic (exact) mass is 245 g/mol. The van der Waals surface area contributed by atoms with E-state index in [1.165, 1.54) is 5.56 Å². The molecule has 0 atom stereocenters. The van der Waals surface area contributed by atoms with Gasteiger partial charge < -0.3 is 5.32 Å². The molecule has 0 spiro atoms. The molecule has 0 unspecified atom stereocenters. The summed E-state index contributed by atoms with van der Waals surface area (Å²) >= 11 is 0. The van der Waals surface area contributed by atoms with Gasteiger partial charge in [-0.2, -0.15) is 0 Å². The number of hydrogen-bond donors (Lipinski definition) is 1. The maximum absolute atomic E-state index is 12.4. The molecule has 0 saturated carbocycles. The van der Waals surface area contributed by atoms with Crippen LogP contribution in [-0.2, 0) is 17.6 Å². The lowest BCUT2D eigenvalue weighted by Crippen LogP contribution is -2.40. The van der Waals surface area contributed by atoms with Crippen molar-refractivity contribution in [2.45, 2.75) is 39.5 Å². The van der Waals surface area contributed by atoms with Crippen molar-refractivity contribution in [2.75, 3.05) is 13.1 Å². The molecule has 1 aliphatic rings. The number of carbonyl (C=O) groups is 1. The van der Waals surface area contributed by atoms with Gasteiger partial charge in [0.05, 0.1) is 0 Å². The smallest absolute Gasteiger partial charge is 0.143 e. The van der Waals surface area contributed by atoms with Crippen molar-refractivity contribution in [1.82, 2.24) is 5.32 Å². The van der Waals surface area contributed by atoms with Crippen molar-refractivity contribution in [3.05, 3.63) is 35.4 Å². The van der Waals surface area contributed by atoms with Gasteiger partial charge in [0.25, 0.3) is 0 Å². The first-order valence-electron chi connectivity index (χ1n) is 6.96. The first kappa shape index (κ1) is 13.3. The summed E-state index contributed by atoms with van der Waals surface area (Å²) in [6, 6.07) is 8.46. The number of Topliss-reactive ketones (excluding diaryl/α,β-unsaturated/α-hetero) is 1. The Labute approximate surface area is 110 Å². The molecule has 1 N–H and O–H groups in total. The summed E-state index contributed by atoms with van der Waals surface area (Å²) in [5, 5.41) is 3.32. The zero-order chi connectivity index (χ0) is 13.0. The SMILES string of the molecule is CCc1ccc(CC(=O)C2(C)CCNCC2)cc1. The highest BCUT2D eigenvalue weighted by Gasteiger charge is 2.33. The van der Waals surface area contributed by atoms with Gasteiger partial charge in [0.2, 0.25) is 0 Å².